The summed E-state index contributed by atoms with van der Waals surface area (Å²) in [5.41, 5.74) is 0. The number of hydrogen-bond acceptors (Lipinski definition) is 2. The van der Waals surface area contributed by atoms with Crippen molar-refractivity contribution in [3.63, 3.8) is 0 Å². The van der Waals surface area contributed by atoms with E-state index in [9.17, 15) is 0 Å². The van der Waals surface area contributed by atoms with Crippen LogP contribution in [0, 0.1) is 0 Å². The van der Waals surface area contributed by atoms with Gasteiger partial charge in [0, 0.05) is 12.4 Å². The van der Waals surface area contributed by atoms with E-state index < -0.39 is 0 Å². The summed E-state index contributed by atoms with van der Waals surface area (Å²) in [6.45, 7) is 0. The van der Waals surface area contributed by atoms with E-state index in [-0.39, 0.29) is 0 Å². The van der Waals surface area contributed by atoms with Crippen LogP contribution in [0.4, 0.5) is 0 Å². The molecule has 1 nitrogen and oxygen atoms in total. The van der Waals surface area contributed by atoms with E-state index in [4.69, 9.17) is 0 Å². The molecule has 0 bridgehead atoms. The molecule has 0 aliphatic heterocycles. The molecule has 0 unspecified atom stereocenters. The van der Waals surface area contributed by atoms with E-state index >= 15 is 0 Å². The number of rotatable bonds is 0. The van der Waals surface area contributed by atoms with Crippen LogP contribution in [0.2, 0.25) is 0 Å². The zero-order valence-electron chi connectivity index (χ0n) is 6.05. The smallest absolute Gasteiger partial charge is 0.0267 e. The fourth-order valence-corrected chi connectivity index (χ4v) is 0.993. The highest BCUT2D eigenvalue weighted by molar-refractivity contribution is 7.07. The Morgan fingerprint density at radius 3 is 1.55 bits per heavy atom. The highest BCUT2D eigenvalue weighted by Gasteiger charge is 1.59. The van der Waals surface area contributed by atoms with Gasteiger partial charge in [-0.25, -0.2) is 0 Å². The molecule has 0 aromatic carbocycles. The lowest BCUT2D eigenvalue weighted by Crippen LogP contribution is -1.58. The maximum atomic E-state index is 3.78. The zero-order chi connectivity index (χ0) is 7.78. The van der Waals surface area contributed by atoms with Gasteiger partial charge in [0.1, 0.15) is 0 Å². The van der Waals surface area contributed by atoms with Crippen LogP contribution in [0.3, 0.4) is 0 Å². The van der Waals surface area contributed by atoms with Crippen molar-refractivity contribution in [1.29, 1.82) is 0 Å². The van der Waals surface area contributed by atoms with Crippen molar-refractivity contribution >= 4 is 11.3 Å². The summed E-state index contributed by atoms with van der Waals surface area (Å²) in [4.78, 5) is 3.78. The normalized spacial score (nSPS) is 8.00. The predicted molar refractivity (Wildman–Crippen MR) is 48.6 cm³/mol. The van der Waals surface area contributed by atoms with Crippen molar-refractivity contribution in [1.82, 2.24) is 4.98 Å². The topological polar surface area (TPSA) is 12.9 Å². The Morgan fingerprint density at radius 2 is 1.36 bits per heavy atom. The van der Waals surface area contributed by atoms with Gasteiger partial charge in [0.2, 0.25) is 0 Å². The summed E-state index contributed by atoms with van der Waals surface area (Å²) in [5, 5.41) is 4.08. The first-order valence-corrected chi connectivity index (χ1v) is 4.26. The van der Waals surface area contributed by atoms with Crippen molar-refractivity contribution in [2.24, 2.45) is 0 Å². The first-order valence-electron chi connectivity index (χ1n) is 3.32. The first-order chi connectivity index (χ1) is 5.50. The van der Waals surface area contributed by atoms with E-state index in [0.29, 0.717) is 0 Å². The average molecular weight is 163 g/mol. The minimum absolute atomic E-state index is 1.71. The molecule has 11 heavy (non-hydrogen) atoms. The summed E-state index contributed by atoms with van der Waals surface area (Å²) in [6, 6.07) is 9.75. The van der Waals surface area contributed by atoms with E-state index in [1.807, 2.05) is 41.1 Å². The molecule has 0 atom stereocenters. The van der Waals surface area contributed by atoms with Crippen LogP contribution >= 0.6 is 11.3 Å². The van der Waals surface area contributed by atoms with Crippen LogP contribution in [-0.2, 0) is 0 Å². The Hall–Kier alpha value is -1.15. The van der Waals surface area contributed by atoms with Crippen LogP contribution < -0.4 is 0 Å². The van der Waals surface area contributed by atoms with Crippen molar-refractivity contribution < 1.29 is 0 Å². The van der Waals surface area contributed by atoms with Crippen LogP contribution in [0.25, 0.3) is 0 Å². The third kappa shape index (κ3) is 4.28. The number of thiophene rings is 1. The van der Waals surface area contributed by atoms with Gasteiger partial charge in [-0.1, -0.05) is 18.2 Å². The summed E-state index contributed by atoms with van der Waals surface area (Å²) in [5.74, 6) is 0. The second kappa shape index (κ2) is 5.62. The molecule has 56 valence electrons. The number of hydrogen-bond donors (Lipinski definition) is 0. The van der Waals surface area contributed by atoms with E-state index in [1.165, 1.54) is 0 Å². The largest absolute Gasteiger partial charge is 0.265 e. The monoisotopic (exact) mass is 163 g/mol. The Bertz CT molecular complexity index is 195. The van der Waals surface area contributed by atoms with Gasteiger partial charge in [-0.05, 0) is 22.9 Å². The third-order valence-corrected chi connectivity index (χ3v) is 1.62. The minimum Gasteiger partial charge on any atom is -0.265 e. The van der Waals surface area contributed by atoms with Gasteiger partial charge in [0.05, 0.1) is 0 Å². The molecule has 2 aromatic rings. The molecule has 2 heteroatoms. The number of pyridine rings is 1. The average Bonchev–Trinajstić information content (AvgIpc) is 2.64. The van der Waals surface area contributed by atoms with Gasteiger partial charge < -0.3 is 0 Å². The lowest BCUT2D eigenvalue weighted by Gasteiger charge is -1.70. The molecule has 0 fully saturated rings. The van der Waals surface area contributed by atoms with Crippen LogP contribution in [0.5, 0.6) is 0 Å². The summed E-state index contributed by atoms with van der Waals surface area (Å²) >= 11 is 1.71. The van der Waals surface area contributed by atoms with Gasteiger partial charge in [0.25, 0.3) is 0 Å². The molecular formula is C9H9NS. The Kier molecular flexibility index (Phi) is 4.06. The first kappa shape index (κ1) is 7.95. The van der Waals surface area contributed by atoms with E-state index in [1.54, 1.807) is 23.7 Å². The summed E-state index contributed by atoms with van der Waals surface area (Å²) < 4.78 is 0. The van der Waals surface area contributed by atoms with Gasteiger partial charge >= 0.3 is 0 Å². The van der Waals surface area contributed by atoms with Crippen LogP contribution in [-0.4, -0.2) is 4.98 Å². The second-order valence-electron chi connectivity index (χ2n) is 1.82. The van der Waals surface area contributed by atoms with Crippen molar-refractivity contribution in [2.45, 2.75) is 0 Å². The highest BCUT2D eigenvalue weighted by atomic mass is 32.1. The van der Waals surface area contributed by atoms with Gasteiger partial charge in [-0.15, -0.1) is 0 Å². The summed E-state index contributed by atoms with van der Waals surface area (Å²) in [6.07, 6.45) is 3.50. The lowest BCUT2D eigenvalue weighted by atomic mass is 10.5. The molecular weight excluding hydrogens is 154 g/mol. The maximum absolute atomic E-state index is 3.78. The van der Waals surface area contributed by atoms with Crippen molar-refractivity contribution in [3.8, 4) is 0 Å². The van der Waals surface area contributed by atoms with Crippen molar-refractivity contribution in [3.05, 3.63) is 53.5 Å². The maximum Gasteiger partial charge on any atom is 0.0267 e. The van der Waals surface area contributed by atoms with E-state index in [0.717, 1.165) is 0 Å². The molecule has 0 saturated heterocycles. The fraction of sp³-hybridized carbons (Fsp3) is 0. The van der Waals surface area contributed by atoms with Crippen molar-refractivity contribution in [2.75, 3.05) is 0 Å². The Labute approximate surface area is 70.4 Å². The predicted octanol–water partition coefficient (Wildman–Crippen LogP) is 2.83. The molecule has 0 amide bonds. The number of nitrogens with zero attached hydrogens (tertiary/aromatic N) is 1. The zero-order valence-corrected chi connectivity index (χ0v) is 6.87. The van der Waals surface area contributed by atoms with Crippen LogP contribution in [0.15, 0.2) is 53.5 Å². The Morgan fingerprint density at radius 1 is 0.727 bits per heavy atom. The molecule has 0 aliphatic rings. The van der Waals surface area contributed by atoms with Gasteiger partial charge in [-0.2, -0.15) is 11.3 Å². The fourth-order valence-electron chi connectivity index (χ4n) is 0.539. The standard InChI is InChI=1S/C5H5N.C4H4S/c1-2-4-6-5-3-1;1-2-4-5-3-1/h1-5H;1-4H. The van der Waals surface area contributed by atoms with Gasteiger partial charge in [-0.3, -0.25) is 4.98 Å². The SMILES string of the molecule is c1ccncc1.c1ccsc1. The van der Waals surface area contributed by atoms with Gasteiger partial charge in [0.15, 0.2) is 0 Å². The molecule has 2 heterocycles. The molecule has 0 N–H and O–H groups in total. The quantitative estimate of drug-likeness (QED) is 0.582. The third-order valence-electron chi connectivity index (χ3n) is 0.992. The second-order valence-corrected chi connectivity index (χ2v) is 2.63. The molecule has 0 radical (unpaired) electrons. The lowest BCUT2D eigenvalue weighted by molar-refractivity contribution is 1.33. The van der Waals surface area contributed by atoms with Crippen LogP contribution in [0.1, 0.15) is 0 Å². The van der Waals surface area contributed by atoms with E-state index in [2.05, 4.69) is 4.98 Å². The molecule has 0 saturated carbocycles. The molecule has 0 aliphatic carbocycles. The molecule has 2 aromatic heterocycles. The summed E-state index contributed by atoms with van der Waals surface area (Å²) in [7, 11) is 0. The Balaban J connectivity index is 0.000000112. The number of aromatic nitrogens is 1. The molecule has 2 rings (SSSR count). The minimum atomic E-state index is 1.71. The highest BCUT2D eigenvalue weighted by Crippen LogP contribution is 1.91. The molecule has 0 spiro atoms.